The van der Waals surface area contributed by atoms with Crippen molar-refractivity contribution in [2.45, 2.75) is 25.8 Å². The van der Waals surface area contributed by atoms with Gasteiger partial charge in [-0.05, 0) is 41.1 Å². The van der Waals surface area contributed by atoms with E-state index < -0.39 is 5.92 Å². The highest BCUT2D eigenvalue weighted by Crippen LogP contribution is 2.33. The number of hydrogen-bond acceptors (Lipinski definition) is 5. The van der Waals surface area contributed by atoms with Gasteiger partial charge in [-0.15, -0.1) is 11.3 Å². The molecule has 3 aromatic rings. The molecule has 5 nitrogen and oxygen atoms in total. The maximum atomic E-state index is 13.3. The molecule has 1 aliphatic heterocycles. The molecule has 0 aliphatic carbocycles. The lowest BCUT2D eigenvalue weighted by Gasteiger charge is -2.30. The fourth-order valence-corrected chi connectivity index (χ4v) is 4.46. The number of carbonyl (C=O) groups is 2. The summed E-state index contributed by atoms with van der Waals surface area (Å²) in [6.45, 7) is 4.23. The van der Waals surface area contributed by atoms with Crippen molar-refractivity contribution in [1.82, 2.24) is 4.98 Å². The zero-order chi connectivity index (χ0) is 20.4. The van der Waals surface area contributed by atoms with Gasteiger partial charge >= 0.3 is 0 Å². The Balaban J connectivity index is 1.76. The van der Waals surface area contributed by atoms with Crippen LogP contribution in [0.1, 0.15) is 46.6 Å². The van der Waals surface area contributed by atoms with Crippen LogP contribution >= 0.6 is 11.3 Å². The van der Waals surface area contributed by atoms with E-state index in [4.69, 9.17) is 4.99 Å². The molecule has 0 saturated carbocycles. The number of benzene rings is 1. The van der Waals surface area contributed by atoms with Crippen molar-refractivity contribution >= 4 is 35.2 Å². The topological polar surface area (TPSA) is 62.6 Å². The van der Waals surface area contributed by atoms with E-state index in [-0.39, 0.29) is 23.8 Å². The second kappa shape index (κ2) is 8.09. The van der Waals surface area contributed by atoms with Crippen LogP contribution in [0.15, 0.2) is 71.2 Å². The lowest BCUT2D eigenvalue weighted by atomic mass is 9.89. The summed E-state index contributed by atoms with van der Waals surface area (Å²) in [5, 5.41) is 2.03. The van der Waals surface area contributed by atoms with Crippen molar-refractivity contribution < 1.29 is 9.59 Å². The summed E-state index contributed by atoms with van der Waals surface area (Å²) < 4.78 is 0. The summed E-state index contributed by atoms with van der Waals surface area (Å²) in [4.78, 5) is 37.7. The van der Waals surface area contributed by atoms with Gasteiger partial charge in [0.25, 0.3) is 5.91 Å². The van der Waals surface area contributed by atoms with E-state index in [0.29, 0.717) is 16.9 Å². The van der Waals surface area contributed by atoms with Gasteiger partial charge in [-0.3, -0.25) is 14.6 Å². The van der Waals surface area contributed by atoms with E-state index in [9.17, 15) is 9.59 Å². The van der Waals surface area contributed by atoms with Gasteiger partial charge in [0.05, 0.1) is 12.0 Å². The van der Waals surface area contributed by atoms with E-state index in [0.717, 1.165) is 9.78 Å². The Morgan fingerprint density at radius 1 is 1.07 bits per heavy atom. The largest absolute Gasteiger partial charge is 0.287 e. The highest BCUT2D eigenvalue weighted by molar-refractivity contribution is 7.10. The summed E-state index contributed by atoms with van der Waals surface area (Å²) in [5.74, 6) is -0.703. The quantitative estimate of drug-likeness (QED) is 0.450. The SMILES string of the molecule is CC(C)[C@@H](N=CC1C(=O)N(c2ccccn2)C(=O)c2ccccc21)c1cccs1. The first-order chi connectivity index (χ1) is 14.1. The summed E-state index contributed by atoms with van der Waals surface area (Å²) in [5.41, 5.74) is 1.19. The molecule has 1 unspecified atom stereocenters. The standard InChI is InChI=1S/C23H21N3O2S/c1-15(2)21(19-10-7-13-29-19)25-14-18-16-8-3-4-9-17(16)22(27)26(23(18)28)20-11-5-6-12-24-20/h3-15,18,21H,1-2H3/t18?,21-/m1/s1. The number of aromatic nitrogens is 1. The molecule has 0 spiro atoms. The number of amides is 2. The van der Waals surface area contributed by atoms with Crippen LogP contribution in [-0.2, 0) is 4.79 Å². The van der Waals surface area contributed by atoms with Gasteiger partial charge in [-0.25, -0.2) is 9.88 Å². The Morgan fingerprint density at radius 2 is 1.86 bits per heavy atom. The molecule has 0 N–H and O–H groups in total. The van der Waals surface area contributed by atoms with Crippen LogP contribution in [0.2, 0.25) is 0 Å². The summed E-state index contributed by atoms with van der Waals surface area (Å²) >= 11 is 1.66. The lowest BCUT2D eigenvalue weighted by Crippen LogP contribution is -2.46. The fourth-order valence-electron chi connectivity index (χ4n) is 3.52. The van der Waals surface area contributed by atoms with E-state index in [1.807, 2.05) is 23.6 Å². The number of nitrogens with zero attached hydrogens (tertiary/aromatic N) is 3. The van der Waals surface area contributed by atoms with E-state index in [1.165, 1.54) is 0 Å². The molecule has 2 amide bonds. The molecule has 3 heterocycles. The predicted octanol–water partition coefficient (Wildman–Crippen LogP) is 4.88. The minimum absolute atomic E-state index is 0.0316. The van der Waals surface area contributed by atoms with Gasteiger partial charge in [-0.2, -0.15) is 0 Å². The Hall–Kier alpha value is -3.12. The van der Waals surface area contributed by atoms with Gasteiger partial charge in [0.15, 0.2) is 0 Å². The smallest absolute Gasteiger partial charge is 0.266 e. The number of hydrogen-bond donors (Lipinski definition) is 0. The summed E-state index contributed by atoms with van der Waals surface area (Å²) in [6, 6.07) is 16.4. The number of aliphatic imine (C=N–C) groups is 1. The number of anilines is 1. The monoisotopic (exact) mass is 403 g/mol. The number of rotatable bonds is 5. The maximum absolute atomic E-state index is 13.3. The van der Waals surface area contributed by atoms with E-state index in [2.05, 4.69) is 24.9 Å². The normalized spacial score (nSPS) is 17.8. The number of thiophene rings is 1. The average molecular weight is 404 g/mol. The zero-order valence-corrected chi connectivity index (χ0v) is 17.0. The van der Waals surface area contributed by atoms with Crippen molar-refractivity contribution in [2.75, 3.05) is 4.90 Å². The number of carbonyl (C=O) groups excluding carboxylic acids is 2. The van der Waals surface area contributed by atoms with Gasteiger partial charge < -0.3 is 0 Å². The lowest BCUT2D eigenvalue weighted by molar-refractivity contribution is -0.118. The summed E-state index contributed by atoms with van der Waals surface area (Å²) in [6.07, 6.45) is 3.28. The Kier molecular flexibility index (Phi) is 5.36. The number of imide groups is 1. The molecule has 1 aromatic carbocycles. The van der Waals surface area contributed by atoms with Crippen LogP contribution in [0.5, 0.6) is 0 Å². The van der Waals surface area contributed by atoms with Crippen molar-refractivity contribution in [3.05, 3.63) is 82.2 Å². The third-order valence-electron chi connectivity index (χ3n) is 4.96. The van der Waals surface area contributed by atoms with Crippen molar-refractivity contribution in [3.8, 4) is 0 Å². The predicted molar refractivity (Wildman–Crippen MR) is 116 cm³/mol. The first kappa shape index (κ1) is 19.2. The molecular weight excluding hydrogens is 382 g/mol. The maximum Gasteiger partial charge on any atom is 0.266 e. The molecule has 2 atom stereocenters. The number of fused-ring (bicyclic) bond motifs is 1. The minimum atomic E-state index is -0.632. The van der Waals surface area contributed by atoms with E-state index in [1.54, 1.807) is 54.1 Å². The van der Waals surface area contributed by atoms with Crippen LogP contribution in [0.25, 0.3) is 0 Å². The third-order valence-corrected chi connectivity index (χ3v) is 5.90. The van der Waals surface area contributed by atoms with Crippen LogP contribution in [0, 0.1) is 5.92 Å². The molecule has 1 aliphatic rings. The van der Waals surface area contributed by atoms with Crippen molar-refractivity contribution in [2.24, 2.45) is 10.9 Å². The summed E-state index contributed by atoms with van der Waals surface area (Å²) in [7, 11) is 0. The van der Waals surface area contributed by atoms with Gasteiger partial charge in [0, 0.05) is 22.9 Å². The molecule has 0 bridgehead atoms. The van der Waals surface area contributed by atoms with Crippen LogP contribution in [-0.4, -0.2) is 23.0 Å². The molecule has 29 heavy (non-hydrogen) atoms. The van der Waals surface area contributed by atoms with Crippen LogP contribution in [0.4, 0.5) is 5.82 Å². The Bertz CT molecular complexity index is 1050. The van der Waals surface area contributed by atoms with Gasteiger partial charge in [-0.1, -0.05) is 44.2 Å². The van der Waals surface area contributed by atoms with Gasteiger partial charge in [0.2, 0.25) is 5.91 Å². The second-order valence-corrected chi connectivity index (χ2v) is 8.21. The molecule has 0 saturated heterocycles. The molecule has 4 rings (SSSR count). The molecule has 146 valence electrons. The molecule has 0 fully saturated rings. The Morgan fingerprint density at radius 3 is 2.55 bits per heavy atom. The third kappa shape index (κ3) is 3.63. The fraction of sp³-hybridized carbons (Fsp3) is 0.217. The zero-order valence-electron chi connectivity index (χ0n) is 16.2. The number of pyridine rings is 1. The second-order valence-electron chi connectivity index (χ2n) is 7.23. The molecule has 0 radical (unpaired) electrons. The van der Waals surface area contributed by atoms with Crippen molar-refractivity contribution in [1.29, 1.82) is 0 Å². The van der Waals surface area contributed by atoms with Crippen LogP contribution < -0.4 is 4.90 Å². The molecular formula is C23H21N3O2S. The minimum Gasteiger partial charge on any atom is -0.287 e. The van der Waals surface area contributed by atoms with Gasteiger partial charge in [0.1, 0.15) is 5.82 Å². The molecule has 6 heteroatoms. The average Bonchev–Trinajstić information content (AvgIpc) is 3.25. The van der Waals surface area contributed by atoms with Crippen LogP contribution in [0.3, 0.4) is 0 Å². The first-order valence-corrected chi connectivity index (χ1v) is 10.4. The highest BCUT2D eigenvalue weighted by atomic mass is 32.1. The Labute approximate surface area is 173 Å². The van der Waals surface area contributed by atoms with Crippen molar-refractivity contribution in [3.63, 3.8) is 0 Å². The first-order valence-electron chi connectivity index (χ1n) is 9.53. The van der Waals surface area contributed by atoms with E-state index >= 15 is 0 Å². The highest BCUT2D eigenvalue weighted by Gasteiger charge is 2.39. The molecule has 2 aromatic heterocycles.